The van der Waals surface area contributed by atoms with E-state index in [-0.39, 0.29) is 31.0 Å². The second-order valence-corrected chi connectivity index (χ2v) is 5.83. The Bertz CT molecular complexity index is 515. The van der Waals surface area contributed by atoms with Crippen LogP contribution in [0.4, 0.5) is 0 Å². The summed E-state index contributed by atoms with van der Waals surface area (Å²) in [5.41, 5.74) is 0.743. The van der Waals surface area contributed by atoms with Crippen molar-refractivity contribution in [3.05, 3.63) is 23.8 Å². The number of Topliss-reactive ketones (excluding diaryl/α,β-unsaturated/α-hetero) is 1. The van der Waals surface area contributed by atoms with Gasteiger partial charge >= 0.3 is 0 Å². The van der Waals surface area contributed by atoms with Gasteiger partial charge in [-0.05, 0) is 50.6 Å². The van der Waals surface area contributed by atoms with Crippen LogP contribution in [0.1, 0.15) is 49.4 Å². The molecule has 0 saturated carbocycles. The number of likely N-dealkylation sites (tertiary alicyclic amines) is 1. The second kappa shape index (κ2) is 7.84. The van der Waals surface area contributed by atoms with Gasteiger partial charge in [0.1, 0.15) is 0 Å². The van der Waals surface area contributed by atoms with Crippen LogP contribution in [0.25, 0.3) is 0 Å². The summed E-state index contributed by atoms with van der Waals surface area (Å²) in [7, 11) is 0. The summed E-state index contributed by atoms with van der Waals surface area (Å²) in [6.07, 6.45) is 5.58. The Morgan fingerprint density at radius 3 is 2.68 bits per heavy atom. The first-order valence-corrected chi connectivity index (χ1v) is 7.97. The third-order valence-electron chi connectivity index (χ3n) is 4.37. The molecule has 0 amide bonds. The SMILES string of the molecule is CCCCC(C(=O)c1ccc2c(c1)OCO2)N1CCCC1.Cl. The predicted octanol–water partition coefficient (Wildman–Crippen LogP) is 3.67. The Morgan fingerprint density at radius 1 is 1.23 bits per heavy atom. The molecule has 122 valence electrons. The number of halogens is 1. The van der Waals surface area contributed by atoms with Gasteiger partial charge in [0, 0.05) is 5.56 Å². The molecule has 0 N–H and O–H groups in total. The molecule has 0 radical (unpaired) electrons. The molecule has 1 saturated heterocycles. The van der Waals surface area contributed by atoms with Crippen molar-refractivity contribution in [3.8, 4) is 11.5 Å². The number of hydrogen-bond acceptors (Lipinski definition) is 4. The maximum absolute atomic E-state index is 12.9. The fourth-order valence-corrected chi connectivity index (χ4v) is 3.17. The zero-order valence-electron chi connectivity index (χ0n) is 13.0. The Morgan fingerprint density at radius 2 is 1.95 bits per heavy atom. The van der Waals surface area contributed by atoms with Crippen LogP contribution in [-0.2, 0) is 0 Å². The number of benzene rings is 1. The van der Waals surface area contributed by atoms with Gasteiger partial charge in [-0.15, -0.1) is 12.4 Å². The Hall–Kier alpha value is -1.26. The lowest BCUT2D eigenvalue weighted by atomic mass is 9.98. The summed E-state index contributed by atoms with van der Waals surface area (Å²) in [5.74, 6) is 1.65. The van der Waals surface area contributed by atoms with Gasteiger partial charge in [-0.1, -0.05) is 19.8 Å². The first-order valence-electron chi connectivity index (χ1n) is 7.97. The van der Waals surface area contributed by atoms with E-state index in [1.54, 1.807) is 0 Å². The molecule has 1 atom stereocenters. The molecule has 3 rings (SSSR count). The minimum atomic E-state index is 0. The minimum Gasteiger partial charge on any atom is -0.454 e. The van der Waals surface area contributed by atoms with Crippen molar-refractivity contribution < 1.29 is 14.3 Å². The quantitative estimate of drug-likeness (QED) is 0.748. The first kappa shape index (κ1) is 17.1. The average molecular weight is 326 g/mol. The highest BCUT2D eigenvalue weighted by Crippen LogP contribution is 2.33. The number of unbranched alkanes of at least 4 members (excludes halogenated alkanes) is 1. The van der Waals surface area contributed by atoms with Crippen LogP contribution in [0.5, 0.6) is 11.5 Å². The zero-order chi connectivity index (χ0) is 14.7. The van der Waals surface area contributed by atoms with E-state index in [9.17, 15) is 4.79 Å². The number of ether oxygens (including phenoxy) is 2. The normalized spacial score (nSPS) is 18.0. The van der Waals surface area contributed by atoms with E-state index in [1.807, 2.05) is 18.2 Å². The molecule has 4 nitrogen and oxygen atoms in total. The lowest BCUT2D eigenvalue weighted by Crippen LogP contribution is -2.39. The maximum atomic E-state index is 12.9. The van der Waals surface area contributed by atoms with Crippen LogP contribution in [0.15, 0.2) is 18.2 Å². The number of ketones is 1. The Balaban J connectivity index is 0.00000176. The number of hydrogen-bond donors (Lipinski definition) is 0. The van der Waals surface area contributed by atoms with Crippen LogP contribution in [0, 0.1) is 0 Å². The number of carbonyl (C=O) groups is 1. The van der Waals surface area contributed by atoms with E-state index in [0.29, 0.717) is 5.75 Å². The van der Waals surface area contributed by atoms with Crippen molar-refractivity contribution in [2.24, 2.45) is 0 Å². The minimum absolute atomic E-state index is 0. The van der Waals surface area contributed by atoms with Gasteiger partial charge in [-0.25, -0.2) is 0 Å². The molecule has 1 fully saturated rings. The van der Waals surface area contributed by atoms with Gasteiger partial charge in [0.05, 0.1) is 6.04 Å². The van der Waals surface area contributed by atoms with Gasteiger partial charge in [0.15, 0.2) is 17.3 Å². The van der Waals surface area contributed by atoms with Crippen LogP contribution >= 0.6 is 12.4 Å². The fraction of sp³-hybridized carbons (Fsp3) is 0.588. The molecule has 2 heterocycles. The van der Waals surface area contributed by atoms with Gasteiger partial charge in [0.25, 0.3) is 0 Å². The number of carbonyl (C=O) groups excluding carboxylic acids is 1. The lowest BCUT2D eigenvalue weighted by Gasteiger charge is -2.26. The summed E-state index contributed by atoms with van der Waals surface area (Å²) in [6.45, 7) is 4.51. The summed E-state index contributed by atoms with van der Waals surface area (Å²) < 4.78 is 10.7. The van der Waals surface area contributed by atoms with Crippen molar-refractivity contribution >= 4 is 18.2 Å². The molecular formula is C17H24ClNO3. The molecule has 22 heavy (non-hydrogen) atoms. The maximum Gasteiger partial charge on any atom is 0.231 e. The second-order valence-electron chi connectivity index (χ2n) is 5.83. The van der Waals surface area contributed by atoms with E-state index >= 15 is 0 Å². The van der Waals surface area contributed by atoms with Gasteiger partial charge < -0.3 is 9.47 Å². The Labute approximate surface area is 138 Å². The van der Waals surface area contributed by atoms with Gasteiger partial charge in [-0.3, -0.25) is 9.69 Å². The third kappa shape index (κ3) is 3.55. The molecule has 0 aliphatic carbocycles. The van der Waals surface area contributed by atoms with E-state index in [0.717, 1.165) is 43.7 Å². The van der Waals surface area contributed by atoms with E-state index in [2.05, 4.69) is 11.8 Å². The molecule has 0 spiro atoms. The highest BCUT2D eigenvalue weighted by atomic mass is 35.5. The first-order chi connectivity index (χ1) is 10.3. The lowest BCUT2D eigenvalue weighted by molar-refractivity contribution is 0.0835. The number of nitrogens with zero attached hydrogens (tertiary/aromatic N) is 1. The molecule has 0 bridgehead atoms. The highest BCUT2D eigenvalue weighted by molar-refractivity contribution is 6.00. The van der Waals surface area contributed by atoms with Gasteiger partial charge in [-0.2, -0.15) is 0 Å². The molecule has 0 aromatic heterocycles. The molecule has 2 aliphatic rings. The Kier molecular flexibility index (Phi) is 6.09. The molecule has 5 heteroatoms. The standard InChI is InChI=1S/C17H23NO3.ClH/c1-2-3-6-14(18-9-4-5-10-18)17(19)13-7-8-15-16(11-13)21-12-20-15;/h7-8,11,14H,2-6,9-10,12H2,1H3;1H. The van der Waals surface area contributed by atoms with E-state index < -0.39 is 0 Å². The smallest absolute Gasteiger partial charge is 0.231 e. The monoisotopic (exact) mass is 325 g/mol. The van der Waals surface area contributed by atoms with Crippen LogP contribution in [0.2, 0.25) is 0 Å². The zero-order valence-corrected chi connectivity index (χ0v) is 13.9. The summed E-state index contributed by atoms with van der Waals surface area (Å²) in [5, 5.41) is 0. The highest BCUT2D eigenvalue weighted by Gasteiger charge is 2.29. The molecule has 1 aromatic rings. The summed E-state index contributed by atoms with van der Waals surface area (Å²) >= 11 is 0. The van der Waals surface area contributed by atoms with Crippen molar-refractivity contribution in [1.82, 2.24) is 4.90 Å². The van der Waals surface area contributed by atoms with E-state index in [4.69, 9.17) is 9.47 Å². The largest absolute Gasteiger partial charge is 0.454 e. The third-order valence-corrected chi connectivity index (χ3v) is 4.37. The van der Waals surface area contributed by atoms with Crippen molar-refractivity contribution in [3.63, 3.8) is 0 Å². The fourth-order valence-electron chi connectivity index (χ4n) is 3.17. The van der Waals surface area contributed by atoms with Crippen LogP contribution < -0.4 is 9.47 Å². The van der Waals surface area contributed by atoms with Gasteiger partial charge in [0.2, 0.25) is 6.79 Å². The van der Waals surface area contributed by atoms with Crippen molar-refractivity contribution in [1.29, 1.82) is 0 Å². The number of rotatable bonds is 6. The van der Waals surface area contributed by atoms with E-state index in [1.165, 1.54) is 12.8 Å². The number of fused-ring (bicyclic) bond motifs is 1. The average Bonchev–Trinajstić information content (AvgIpc) is 3.18. The topological polar surface area (TPSA) is 38.8 Å². The molecular weight excluding hydrogens is 302 g/mol. The predicted molar refractivity (Wildman–Crippen MR) is 88.3 cm³/mol. The van der Waals surface area contributed by atoms with Crippen LogP contribution in [0.3, 0.4) is 0 Å². The summed E-state index contributed by atoms with van der Waals surface area (Å²) in [4.78, 5) is 15.2. The molecule has 1 aromatic carbocycles. The molecule has 2 aliphatic heterocycles. The van der Waals surface area contributed by atoms with Crippen molar-refractivity contribution in [2.75, 3.05) is 19.9 Å². The molecule has 1 unspecified atom stereocenters. The summed E-state index contributed by atoms with van der Waals surface area (Å²) in [6, 6.07) is 5.56. The van der Waals surface area contributed by atoms with Crippen molar-refractivity contribution in [2.45, 2.75) is 45.1 Å². The van der Waals surface area contributed by atoms with Crippen LogP contribution in [-0.4, -0.2) is 36.6 Å².